The number of hydrogen-bond donors (Lipinski definition) is 0. The predicted octanol–water partition coefficient (Wildman–Crippen LogP) is 2.83. The molecule has 2 heteroatoms. The van der Waals surface area contributed by atoms with Crippen molar-refractivity contribution in [2.45, 2.75) is 6.92 Å². The highest BCUT2D eigenvalue weighted by Gasteiger charge is 1.90. The summed E-state index contributed by atoms with van der Waals surface area (Å²) in [6, 6.07) is 7.77. The Morgan fingerprint density at radius 3 is 2.50 bits per heavy atom. The van der Waals surface area contributed by atoms with Crippen LogP contribution in [0.3, 0.4) is 0 Å². The van der Waals surface area contributed by atoms with E-state index in [1.165, 1.54) is 0 Å². The van der Waals surface area contributed by atoms with Crippen molar-refractivity contribution in [3.05, 3.63) is 29.8 Å². The van der Waals surface area contributed by atoms with Crippen molar-refractivity contribution in [1.29, 1.82) is 0 Å². The van der Waals surface area contributed by atoms with Gasteiger partial charge in [-0.3, -0.25) is 0 Å². The topological polar surface area (TPSA) is 9.23 Å². The minimum Gasteiger partial charge on any atom is -0.494 e. The van der Waals surface area contributed by atoms with Crippen molar-refractivity contribution < 1.29 is 4.74 Å². The molecule has 0 bridgehead atoms. The van der Waals surface area contributed by atoms with Crippen LogP contribution >= 0.6 is 22.6 Å². The molecule has 1 aromatic carbocycles. The summed E-state index contributed by atoms with van der Waals surface area (Å²) in [6.45, 7) is 2.68. The van der Waals surface area contributed by atoms with Crippen molar-refractivity contribution >= 4 is 22.6 Å². The van der Waals surface area contributed by atoms with E-state index in [-0.39, 0.29) is 0 Å². The summed E-state index contributed by atoms with van der Waals surface area (Å²) in [6.07, 6.45) is 0. The Morgan fingerprint density at radius 2 is 2.00 bits per heavy atom. The van der Waals surface area contributed by atoms with Crippen LogP contribution in [-0.4, -0.2) is 6.61 Å². The summed E-state index contributed by atoms with van der Waals surface area (Å²) in [5.74, 6) is 3.86. The van der Waals surface area contributed by atoms with Crippen molar-refractivity contribution in [2.24, 2.45) is 0 Å². The van der Waals surface area contributed by atoms with Crippen molar-refractivity contribution in [2.75, 3.05) is 6.61 Å². The maximum atomic E-state index is 5.29. The SMILES string of the molecule is CCOc1ccc(C#CI)cc1. The van der Waals surface area contributed by atoms with E-state index < -0.39 is 0 Å². The number of hydrogen-bond acceptors (Lipinski definition) is 1. The van der Waals surface area contributed by atoms with E-state index in [0.29, 0.717) is 6.61 Å². The summed E-state index contributed by atoms with van der Waals surface area (Å²) >= 11 is 2.02. The Morgan fingerprint density at radius 1 is 1.33 bits per heavy atom. The zero-order chi connectivity index (χ0) is 8.81. The molecule has 0 spiro atoms. The standard InChI is InChI=1S/C10H9IO/c1-2-12-10-5-3-9(4-6-10)7-8-11/h3-6H,2H2,1H3. The second-order valence-corrected chi connectivity index (χ2v) is 2.72. The summed E-state index contributed by atoms with van der Waals surface area (Å²) in [7, 11) is 0. The van der Waals surface area contributed by atoms with Crippen molar-refractivity contribution in [1.82, 2.24) is 0 Å². The first-order valence-electron chi connectivity index (χ1n) is 3.71. The van der Waals surface area contributed by atoms with Crippen molar-refractivity contribution in [3.8, 4) is 15.6 Å². The first-order valence-corrected chi connectivity index (χ1v) is 4.79. The summed E-state index contributed by atoms with van der Waals surface area (Å²) in [4.78, 5) is 0. The van der Waals surface area contributed by atoms with E-state index in [9.17, 15) is 0 Å². The summed E-state index contributed by atoms with van der Waals surface area (Å²) in [5, 5.41) is 0. The molecule has 0 heterocycles. The van der Waals surface area contributed by atoms with Crippen LogP contribution in [-0.2, 0) is 0 Å². The zero-order valence-corrected chi connectivity index (χ0v) is 8.96. The molecule has 0 atom stereocenters. The third-order valence-corrected chi connectivity index (χ3v) is 1.63. The molecular formula is C10H9IO. The number of ether oxygens (including phenoxy) is 1. The molecule has 12 heavy (non-hydrogen) atoms. The lowest BCUT2D eigenvalue weighted by Crippen LogP contribution is -1.90. The molecule has 62 valence electrons. The lowest BCUT2D eigenvalue weighted by molar-refractivity contribution is 0.340. The third-order valence-electron chi connectivity index (χ3n) is 1.36. The monoisotopic (exact) mass is 272 g/mol. The van der Waals surface area contributed by atoms with Gasteiger partial charge in [0.2, 0.25) is 0 Å². The maximum absolute atomic E-state index is 5.29. The molecule has 1 aromatic rings. The molecular weight excluding hydrogens is 263 g/mol. The molecule has 0 N–H and O–H groups in total. The molecule has 0 saturated heterocycles. The maximum Gasteiger partial charge on any atom is 0.119 e. The lowest BCUT2D eigenvalue weighted by atomic mass is 10.2. The normalized spacial score (nSPS) is 8.50. The number of benzene rings is 1. The lowest BCUT2D eigenvalue weighted by Gasteiger charge is -2.00. The van der Waals surface area contributed by atoms with E-state index >= 15 is 0 Å². The van der Waals surface area contributed by atoms with E-state index in [0.717, 1.165) is 11.3 Å². The zero-order valence-electron chi connectivity index (χ0n) is 6.80. The highest BCUT2D eigenvalue weighted by molar-refractivity contribution is 14.1. The smallest absolute Gasteiger partial charge is 0.119 e. The Kier molecular flexibility index (Phi) is 3.95. The first-order chi connectivity index (χ1) is 5.86. The average molecular weight is 272 g/mol. The molecule has 1 nitrogen and oxygen atoms in total. The minimum atomic E-state index is 0.706. The molecule has 0 unspecified atom stereocenters. The second kappa shape index (κ2) is 5.04. The van der Waals surface area contributed by atoms with Crippen LogP contribution in [0.4, 0.5) is 0 Å². The van der Waals surface area contributed by atoms with Gasteiger partial charge in [-0.2, -0.15) is 0 Å². The minimum absolute atomic E-state index is 0.706. The molecule has 0 radical (unpaired) electrons. The van der Waals surface area contributed by atoms with Crippen LogP contribution in [0.25, 0.3) is 0 Å². The van der Waals surface area contributed by atoms with Gasteiger partial charge in [0.25, 0.3) is 0 Å². The van der Waals surface area contributed by atoms with Crippen LogP contribution in [0.2, 0.25) is 0 Å². The van der Waals surface area contributed by atoms with Gasteiger partial charge >= 0.3 is 0 Å². The van der Waals surface area contributed by atoms with Gasteiger partial charge in [0.05, 0.1) is 6.61 Å². The van der Waals surface area contributed by atoms with Crippen LogP contribution < -0.4 is 4.74 Å². The van der Waals surface area contributed by atoms with Gasteiger partial charge in [0.15, 0.2) is 0 Å². The van der Waals surface area contributed by atoms with Gasteiger partial charge in [0, 0.05) is 28.2 Å². The second-order valence-electron chi connectivity index (χ2n) is 2.18. The first kappa shape index (κ1) is 9.40. The van der Waals surface area contributed by atoms with Gasteiger partial charge < -0.3 is 4.74 Å². The van der Waals surface area contributed by atoms with Gasteiger partial charge in [0.1, 0.15) is 5.75 Å². The fourth-order valence-electron chi connectivity index (χ4n) is 0.856. The highest BCUT2D eigenvalue weighted by Crippen LogP contribution is 2.11. The van der Waals surface area contributed by atoms with Crippen LogP contribution in [0.5, 0.6) is 5.75 Å². The Labute approximate surface area is 86.3 Å². The average Bonchev–Trinajstić information content (AvgIpc) is 2.09. The fourth-order valence-corrected chi connectivity index (χ4v) is 1.17. The largest absolute Gasteiger partial charge is 0.494 e. The molecule has 0 amide bonds. The van der Waals surface area contributed by atoms with E-state index in [1.54, 1.807) is 0 Å². The number of rotatable bonds is 2. The summed E-state index contributed by atoms with van der Waals surface area (Å²) in [5.41, 5.74) is 1.02. The molecule has 0 aliphatic rings. The van der Waals surface area contributed by atoms with E-state index in [4.69, 9.17) is 4.74 Å². The molecule has 0 aliphatic carbocycles. The Bertz CT molecular complexity index is 292. The molecule has 0 aromatic heterocycles. The molecule has 0 fully saturated rings. The van der Waals surface area contributed by atoms with Gasteiger partial charge in [-0.05, 0) is 35.1 Å². The van der Waals surface area contributed by atoms with Gasteiger partial charge in [-0.25, -0.2) is 0 Å². The fraction of sp³-hybridized carbons (Fsp3) is 0.200. The molecule has 0 saturated carbocycles. The van der Waals surface area contributed by atoms with Crippen LogP contribution in [0.1, 0.15) is 12.5 Å². The Balaban J connectivity index is 2.76. The third kappa shape index (κ3) is 2.74. The van der Waals surface area contributed by atoms with Crippen molar-refractivity contribution in [3.63, 3.8) is 0 Å². The van der Waals surface area contributed by atoms with Gasteiger partial charge in [-0.1, -0.05) is 5.92 Å². The van der Waals surface area contributed by atoms with E-state index in [2.05, 4.69) is 9.85 Å². The van der Waals surface area contributed by atoms with Gasteiger partial charge in [-0.15, -0.1) is 0 Å². The number of halogens is 1. The van der Waals surface area contributed by atoms with Crippen LogP contribution in [0.15, 0.2) is 24.3 Å². The van der Waals surface area contributed by atoms with Crippen LogP contribution in [0, 0.1) is 9.85 Å². The highest BCUT2D eigenvalue weighted by atomic mass is 127. The molecule has 0 aliphatic heterocycles. The Hall–Kier alpha value is -0.690. The summed E-state index contributed by atoms with van der Waals surface area (Å²) < 4.78 is 8.10. The quantitative estimate of drug-likeness (QED) is 0.594. The van der Waals surface area contributed by atoms with E-state index in [1.807, 2.05) is 53.8 Å². The molecule has 1 rings (SSSR count). The predicted molar refractivity (Wildman–Crippen MR) is 58.5 cm³/mol.